The van der Waals surface area contributed by atoms with Gasteiger partial charge in [-0.05, 0) is 14.0 Å². The first kappa shape index (κ1) is 10.5. The van der Waals surface area contributed by atoms with Crippen LogP contribution in [0.5, 0.6) is 0 Å². The van der Waals surface area contributed by atoms with Crippen molar-refractivity contribution in [1.29, 1.82) is 0 Å². The molecule has 0 aromatic rings. The van der Waals surface area contributed by atoms with Gasteiger partial charge < -0.3 is 15.0 Å². The zero-order valence-corrected chi connectivity index (χ0v) is 8.38. The Labute approximate surface area is 79.2 Å². The Bertz CT molecular complexity index is 173. The number of piperazine rings is 1. The number of hydrogen-bond acceptors (Lipinski definition) is 4. The van der Waals surface area contributed by atoms with Gasteiger partial charge in [0, 0.05) is 25.7 Å². The fourth-order valence-electron chi connectivity index (χ4n) is 1.55. The molecule has 1 aliphatic rings. The summed E-state index contributed by atoms with van der Waals surface area (Å²) in [6, 6.07) is 0.262. The molecule has 0 aromatic heterocycles. The normalized spacial score (nSPS) is 24.3. The molecule has 1 saturated heterocycles. The lowest BCUT2D eigenvalue weighted by Gasteiger charge is -2.30. The zero-order chi connectivity index (χ0) is 9.68. The third-order valence-corrected chi connectivity index (χ3v) is 2.18. The summed E-state index contributed by atoms with van der Waals surface area (Å²) in [6.07, 6.45) is 0.484. The highest BCUT2D eigenvalue weighted by Crippen LogP contribution is 2.01. The molecule has 0 radical (unpaired) electrons. The van der Waals surface area contributed by atoms with Crippen LogP contribution < -0.4 is 5.32 Å². The minimum absolute atomic E-state index is 0.102. The zero-order valence-electron chi connectivity index (χ0n) is 8.38. The summed E-state index contributed by atoms with van der Waals surface area (Å²) < 4.78 is 4.88. The Balaban J connectivity index is 2.23. The van der Waals surface area contributed by atoms with Crippen molar-refractivity contribution in [3.05, 3.63) is 0 Å². The van der Waals surface area contributed by atoms with Crippen LogP contribution in [0.25, 0.3) is 0 Å². The second kappa shape index (κ2) is 5.19. The largest absolute Gasteiger partial charge is 0.466 e. The molecular weight excluding hydrogens is 168 g/mol. The van der Waals surface area contributed by atoms with Crippen LogP contribution in [-0.4, -0.2) is 50.2 Å². The van der Waals surface area contributed by atoms with Gasteiger partial charge in [-0.1, -0.05) is 0 Å². The SMILES string of the molecule is CCOC(=O)CC1CN(C)CCN1. The average molecular weight is 186 g/mol. The van der Waals surface area contributed by atoms with Crippen LogP contribution in [0.15, 0.2) is 0 Å². The molecule has 0 amide bonds. The monoisotopic (exact) mass is 186 g/mol. The van der Waals surface area contributed by atoms with E-state index < -0.39 is 0 Å². The van der Waals surface area contributed by atoms with Gasteiger partial charge in [0.2, 0.25) is 0 Å². The molecule has 4 heteroatoms. The summed E-state index contributed by atoms with van der Waals surface area (Å²) in [6.45, 7) is 5.25. The fourth-order valence-corrected chi connectivity index (χ4v) is 1.55. The van der Waals surface area contributed by atoms with Crippen LogP contribution >= 0.6 is 0 Å². The van der Waals surface area contributed by atoms with Crippen molar-refractivity contribution in [3.63, 3.8) is 0 Å². The molecule has 1 aliphatic heterocycles. The van der Waals surface area contributed by atoms with Crippen LogP contribution in [0.1, 0.15) is 13.3 Å². The Morgan fingerprint density at radius 3 is 3.08 bits per heavy atom. The highest BCUT2D eigenvalue weighted by atomic mass is 16.5. The van der Waals surface area contributed by atoms with Crippen molar-refractivity contribution in [1.82, 2.24) is 10.2 Å². The summed E-state index contributed by atoms with van der Waals surface area (Å²) >= 11 is 0. The quantitative estimate of drug-likeness (QED) is 0.622. The van der Waals surface area contributed by atoms with Crippen LogP contribution in [0.4, 0.5) is 0 Å². The third-order valence-electron chi connectivity index (χ3n) is 2.18. The van der Waals surface area contributed by atoms with E-state index >= 15 is 0 Å². The lowest BCUT2D eigenvalue weighted by molar-refractivity contribution is -0.143. The molecular formula is C9H18N2O2. The molecule has 0 saturated carbocycles. The lowest BCUT2D eigenvalue weighted by Crippen LogP contribution is -2.49. The van der Waals surface area contributed by atoms with Gasteiger partial charge in [0.1, 0.15) is 0 Å². The average Bonchev–Trinajstić information content (AvgIpc) is 2.04. The number of carbonyl (C=O) groups excluding carboxylic acids is 1. The number of esters is 1. The number of likely N-dealkylation sites (N-methyl/N-ethyl adjacent to an activating group) is 1. The summed E-state index contributed by atoms with van der Waals surface area (Å²) in [7, 11) is 2.07. The van der Waals surface area contributed by atoms with Gasteiger partial charge in [-0.15, -0.1) is 0 Å². The summed E-state index contributed by atoms with van der Waals surface area (Å²) in [5.74, 6) is -0.102. The van der Waals surface area contributed by atoms with E-state index in [9.17, 15) is 4.79 Å². The second-order valence-electron chi connectivity index (χ2n) is 3.42. The number of nitrogens with zero attached hydrogens (tertiary/aromatic N) is 1. The van der Waals surface area contributed by atoms with Crippen LogP contribution in [0.2, 0.25) is 0 Å². The molecule has 1 rings (SSSR count). The van der Waals surface area contributed by atoms with E-state index in [0.29, 0.717) is 13.0 Å². The first-order valence-corrected chi connectivity index (χ1v) is 4.80. The lowest BCUT2D eigenvalue weighted by atomic mass is 10.1. The highest BCUT2D eigenvalue weighted by Gasteiger charge is 2.19. The first-order valence-electron chi connectivity index (χ1n) is 4.80. The minimum Gasteiger partial charge on any atom is -0.466 e. The molecule has 0 aliphatic carbocycles. The Hall–Kier alpha value is -0.610. The Morgan fingerprint density at radius 1 is 1.69 bits per heavy atom. The molecule has 0 spiro atoms. The van der Waals surface area contributed by atoms with Crippen molar-refractivity contribution in [2.75, 3.05) is 33.3 Å². The van der Waals surface area contributed by atoms with E-state index in [1.54, 1.807) is 0 Å². The number of rotatable bonds is 3. The molecule has 76 valence electrons. The van der Waals surface area contributed by atoms with Gasteiger partial charge >= 0.3 is 5.97 Å². The Kier molecular flexibility index (Phi) is 4.18. The molecule has 1 unspecified atom stereocenters. The minimum atomic E-state index is -0.102. The van der Waals surface area contributed by atoms with Crippen LogP contribution in [0, 0.1) is 0 Å². The predicted octanol–water partition coefficient (Wildman–Crippen LogP) is -0.157. The summed E-state index contributed by atoms with van der Waals surface area (Å²) in [5.41, 5.74) is 0. The van der Waals surface area contributed by atoms with Crippen LogP contribution in [0.3, 0.4) is 0 Å². The molecule has 0 bridgehead atoms. The number of carbonyl (C=O) groups is 1. The maximum Gasteiger partial charge on any atom is 0.307 e. The van der Waals surface area contributed by atoms with E-state index in [1.165, 1.54) is 0 Å². The van der Waals surface area contributed by atoms with E-state index in [-0.39, 0.29) is 12.0 Å². The topological polar surface area (TPSA) is 41.6 Å². The highest BCUT2D eigenvalue weighted by molar-refractivity contribution is 5.70. The van der Waals surface area contributed by atoms with Gasteiger partial charge in [0.05, 0.1) is 13.0 Å². The number of hydrogen-bond donors (Lipinski definition) is 1. The molecule has 1 N–H and O–H groups in total. The van der Waals surface area contributed by atoms with Crippen molar-refractivity contribution < 1.29 is 9.53 Å². The van der Waals surface area contributed by atoms with Gasteiger partial charge in [-0.25, -0.2) is 0 Å². The van der Waals surface area contributed by atoms with Crippen molar-refractivity contribution in [2.45, 2.75) is 19.4 Å². The third kappa shape index (κ3) is 3.74. The molecule has 0 aromatic carbocycles. The molecule has 4 nitrogen and oxygen atoms in total. The number of ether oxygens (including phenoxy) is 1. The fraction of sp³-hybridized carbons (Fsp3) is 0.889. The Morgan fingerprint density at radius 2 is 2.46 bits per heavy atom. The van der Waals surface area contributed by atoms with Gasteiger partial charge in [0.15, 0.2) is 0 Å². The van der Waals surface area contributed by atoms with Crippen molar-refractivity contribution in [3.8, 4) is 0 Å². The van der Waals surface area contributed by atoms with Crippen LogP contribution in [-0.2, 0) is 9.53 Å². The van der Waals surface area contributed by atoms with Gasteiger partial charge in [0.25, 0.3) is 0 Å². The molecule has 13 heavy (non-hydrogen) atoms. The summed E-state index contributed by atoms with van der Waals surface area (Å²) in [5, 5.41) is 3.30. The van der Waals surface area contributed by atoms with E-state index in [1.807, 2.05) is 6.92 Å². The molecule has 1 heterocycles. The van der Waals surface area contributed by atoms with Gasteiger partial charge in [-0.3, -0.25) is 4.79 Å². The standard InChI is InChI=1S/C9H18N2O2/c1-3-13-9(12)6-8-7-11(2)5-4-10-8/h8,10H,3-7H2,1-2H3. The maximum atomic E-state index is 11.1. The molecule has 1 fully saturated rings. The smallest absolute Gasteiger partial charge is 0.307 e. The van der Waals surface area contributed by atoms with E-state index in [4.69, 9.17) is 4.74 Å². The van der Waals surface area contributed by atoms with E-state index in [2.05, 4.69) is 17.3 Å². The van der Waals surface area contributed by atoms with Gasteiger partial charge in [-0.2, -0.15) is 0 Å². The van der Waals surface area contributed by atoms with Crippen molar-refractivity contribution >= 4 is 5.97 Å². The second-order valence-corrected chi connectivity index (χ2v) is 3.42. The maximum absolute atomic E-state index is 11.1. The molecule has 1 atom stereocenters. The van der Waals surface area contributed by atoms with Crippen molar-refractivity contribution in [2.24, 2.45) is 0 Å². The summed E-state index contributed by atoms with van der Waals surface area (Å²) in [4.78, 5) is 13.4. The predicted molar refractivity (Wildman–Crippen MR) is 50.5 cm³/mol. The first-order chi connectivity index (χ1) is 6.22. The van der Waals surface area contributed by atoms with E-state index in [0.717, 1.165) is 19.6 Å². The number of nitrogens with one attached hydrogen (secondary N) is 1.